The van der Waals surface area contributed by atoms with E-state index in [1.807, 2.05) is 20.8 Å². The number of nitrogens with one attached hydrogen (secondary N) is 2. The Kier molecular flexibility index (Phi) is 4.54. The predicted molar refractivity (Wildman–Crippen MR) is 79.4 cm³/mol. The molecule has 0 aromatic carbocycles. The van der Waals surface area contributed by atoms with Crippen molar-refractivity contribution in [2.75, 3.05) is 17.2 Å². The van der Waals surface area contributed by atoms with Crippen molar-refractivity contribution in [3.05, 3.63) is 39.1 Å². The number of hydrogen-bond acceptors (Lipinski definition) is 4. The van der Waals surface area contributed by atoms with Crippen LogP contribution in [0.2, 0.25) is 0 Å². The summed E-state index contributed by atoms with van der Waals surface area (Å²) in [5.74, 6) is -1.24. The van der Waals surface area contributed by atoms with Crippen LogP contribution in [0.15, 0.2) is 12.1 Å². The first-order valence-corrected chi connectivity index (χ1v) is 7.22. The van der Waals surface area contributed by atoms with Crippen LogP contribution in [0.25, 0.3) is 0 Å². The molecule has 3 nitrogen and oxygen atoms in total. The Bertz CT molecular complexity index is 591. The van der Waals surface area contributed by atoms with Crippen molar-refractivity contribution < 1.29 is 8.78 Å². The Hall–Kier alpha value is -1.69. The number of halogens is 2. The standard InChI is InChI=1S/C14H17F2N3S/c1-4-17-13-11(15)6-12(16)14(19-13)18-7-10-5-8(2)9(3)20-10/h5-6H,4,7H2,1-3H3,(H2,17,18,19). The van der Waals surface area contributed by atoms with Gasteiger partial charge in [0.2, 0.25) is 0 Å². The SMILES string of the molecule is CCNc1nc(NCc2cc(C)c(C)s2)c(F)cc1F. The van der Waals surface area contributed by atoms with Gasteiger partial charge in [-0.2, -0.15) is 0 Å². The van der Waals surface area contributed by atoms with Crippen LogP contribution in [-0.2, 0) is 6.54 Å². The van der Waals surface area contributed by atoms with Gasteiger partial charge in [0.15, 0.2) is 23.3 Å². The van der Waals surface area contributed by atoms with Crippen molar-refractivity contribution in [1.82, 2.24) is 4.98 Å². The quantitative estimate of drug-likeness (QED) is 0.873. The molecule has 6 heteroatoms. The van der Waals surface area contributed by atoms with Crippen LogP contribution in [0.1, 0.15) is 22.2 Å². The van der Waals surface area contributed by atoms with Crippen LogP contribution >= 0.6 is 11.3 Å². The van der Waals surface area contributed by atoms with Gasteiger partial charge in [-0.25, -0.2) is 13.8 Å². The third kappa shape index (κ3) is 3.25. The zero-order valence-corrected chi connectivity index (χ0v) is 12.5. The molecule has 0 atom stereocenters. The first kappa shape index (κ1) is 14.7. The highest BCUT2D eigenvalue weighted by Gasteiger charge is 2.11. The molecule has 0 aliphatic heterocycles. The second-order valence-electron chi connectivity index (χ2n) is 4.49. The van der Waals surface area contributed by atoms with E-state index in [-0.39, 0.29) is 11.6 Å². The molecule has 20 heavy (non-hydrogen) atoms. The first-order chi connectivity index (χ1) is 9.51. The summed E-state index contributed by atoms with van der Waals surface area (Å²) in [5.41, 5.74) is 1.22. The summed E-state index contributed by atoms with van der Waals surface area (Å²) in [4.78, 5) is 6.27. The average Bonchev–Trinajstić information content (AvgIpc) is 2.71. The minimum Gasteiger partial charge on any atom is -0.368 e. The highest BCUT2D eigenvalue weighted by molar-refractivity contribution is 7.12. The smallest absolute Gasteiger partial charge is 0.168 e. The summed E-state index contributed by atoms with van der Waals surface area (Å²) >= 11 is 1.65. The van der Waals surface area contributed by atoms with Gasteiger partial charge in [-0.3, -0.25) is 0 Å². The fourth-order valence-electron chi connectivity index (χ4n) is 1.79. The summed E-state index contributed by atoms with van der Waals surface area (Å²) in [6.07, 6.45) is 0. The molecule has 0 unspecified atom stereocenters. The Morgan fingerprint density at radius 2 is 1.75 bits per heavy atom. The highest BCUT2D eigenvalue weighted by atomic mass is 32.1. The van der Waals surface area contributed by atoms with E-state index in [4.69, 9.17) is 0 Å². The van der Waals surface area contributed by atoms with E-state index in [2.05, 4.69) is 21.7 Å². The van der Waals surface area contributed by atoms with Crippen molar-refractivity contribution in [1.29, 1.82) is 0 Å². The van der Waals surface area contributed by atoms with Crippen molar-refractivity contribution in [3.8, 4) is 0 Å². The van der Waals surface area contributed by atoms with Gasteiger partial charge in [-0.15, -0.1) is 11.3 Å². The van der Waals surface area contributed by atoms with Crippen LogP contribution < -0.4 is 10.6 Å². The second kappa shape index (κ2) is 6.17. The van der Waals surface area contributed by atoms with E-state index >= 15 is 0 Å². The number of rotatable bonds is 5. The molecule has 0 bridgehead atoms. The van der Waals surface area contributed by atoms with Gasteiger partial charge >= 0.3 is 0 Å². The van der Waals surface area contributed by atoms with E-state index in [0.29, 0.717) is 13.1 Å². The lowest BCUT2D eigenvalue weighted by molar-refractivity contribution is 0.578. The summed E-state index contributed by atoms with van der Waals surface area (Å²) in [6, 6.07) is 2.90. The molecule has 0 saturated carbocycles. The zero-order valence-electron chi connectivity index (χ0n) is 11.7. The molecule has 2 N–H and O–H groups in total. The Morgan fingerprint density at radius 3 is 2.30 bits per heavy atom. The molecular weight excluding hydrogens is 280 g/mol. The minimum atomic E-state index is -0.686. The Balaban J connectivity index is 2.14. The number of anilines is 2. The molecule has 0 saturated heterocycles. The number of nitrogens with zero attached hydrogens (tertiary/aromatic N) is 1. The largest absolute Gasteiger partial charge is 0.368 e. The number of thiophene rings is 1. The molecule has 0 spiro atoms. The van der Waals surface area contributed by atoms with Gasteiger partial charge in [-0.05, 0) is 32.4 Å². The fourth-order valence-corrected chi connectivity index (χ4v) is 2.78. The van der Waals surface area contributed by atoms with Crippen molar-refractivity contribution >= 4 is 23.0 Å². The molecule has 2 rings (SSSR count). The highest BCUT2D eigenvalue weighted by Crippen LogP contribution is 2.23. The molecule has 0 aliphatic rings. The predicted octanol–water partition coefficient (Wildman–Crippen LogP) is 4.08. The molecule has 2 heterocycles. The van der Waals surface area contributed by atoms with Crippen molar-refractivity contribution in [2.45, 2.75) is 27.3 Å². The lowest BCUT2D eigenvalue weighted by atomic mass is 10.3. The maximum Gasteiger partial charge on any atom is 0.168 e. The maximum absolute atomic E-state index is 13.7. The number of pyridine rings is 1. The molecule has 0 aliphatic carbocycles. The summed E-state index contributed by atoms with van der Waals surface area (Å²) in [5, 5.41) is 5.68. The lowest BCUT2D eigenvalue weighted by Crippen LogP contribution is -2.08. The first-order valence-electron chi connectivity index (χ1n) is 6.41. The number of hydrogen-bond donors (Lipinski definition) is 2. The summed E-state index contributed by atoms with van der Waals surface area (Å²) in [6.45, 7) is 6.91. The van der Waals surface area contributed by atoms with E-state index in [9.17, 15) is 8.78 Å². The molecule has 0 radical (unpaired) electrons. The monoisotopic (exact) mass is 297 g/mol. The van der Waals surface area contributed by atoms with Crippen LogP contribution in [0.5, 0.6) is 0 Å². The van der Waals surface area contributed by atoms with Gasteiger partial charge in [0.05, 0.1) is 6.54 Å². The number of aryl methyl sites for hydroxylation is 2. The van der Waals surface area contributed by atoms with E-state index in [1.165, 1.54) is 10.4 Å². The molecule has 0 amide bonds. The molecule has 108 valence electrons. The molecule has 2 aromatic rings. The molecular formula is C14H17F2N3S. The summed E-state index contributed by atoms with van der Waals surface area (Å²) in [7, 11) is 0. The Morgan fingerprint density at radius 1 is 1.10 bits per heavy atom. The second-order valence-corrected chi connectivity index (χ2v) is 5.83. The van der Waals surface area contributed by atoms with Gasteiger partial charge in [0.1, 0.15) is 0 Å². The van der Waals surface area contributed by atoms with Gasteiger partial charge in [-0.1, -0.05) is 0 Å². The lowest BCUT2D eigenvalue weighted by Gasteiger charge is -2.09. The van der Waals surface area contributed by atoms with E-state index < -0.39 is 11.6 Å². The third-order valence-electron chi connectivity index (χ3n) is 2.92. The maximum atomic E-state index is 13.7. The Labute approximate surface area is 121 Å². The van der Waals surface area contributed by atoms with Crippen LogP contribution in [0.4, 0.5) is 20.4 Å². The van der Waals surface area contributed by atoms with E-state index in [1.54, 1.807) is 11.3 Å². The van der Waals surface area contributed by atoms with E-state index in [0.717, 1.165) is 10.9 Å². The topological polar surface area (TPSA) is 37.0 Å². The van der Waals surface area contributed by atoms with Crippen LogP contribution in [0, 0.1) is 25.5 Å². The van der Waals surface area contributed by atoms with Crippen molar-refractivity contribution in [2.24, 2.45) is 0 Å². The fraction of sp³-hybridized carbons (Fsp3) is 0.357. The minimum absolute atomic E-state index is 0.0612. The number of aromatic nitrogens is 1. The van der Waals surface area contributed by atoms with Crippen LogP contribution in [0.3, 0.4) is 0 Å². The zero-order chi connectivity index (χ0) is 14.7. The van der Waals surface area contributed by atoms with Crippen LogP contribution in [-0.4, -0.2) is 11.5 Å². The van der Waals surface area contributed by atoms with Gasteiger partial charge < -0.3 is 10.6 Å². The molecule has 2 aromatic heterocycles. The normalized spacial score (nSPS) is 10.7. The molecule has 0 fully saturated rings. The summed E-state index contributed by atoms with van der Waals surface area (Å²) < 4.78 is 27.1. The van der Waals surface area contributed by atoms with Gasteiger partial charge in [0, 0.05) is 22.4 Å². The van der Waals surface area contributed by atoms with Gasteiger partial charge in [0.25, 0.3) is 0 Å². The average molecular weight is 297 g/mol. The van der Waals surface area contributed by atoms with Crippen molar-refractivity contribution in [3.63, 3.8) is 0 Å². The third-order valence-corrected chi connectivity index (χ3v) is 4.07.